The van der Waals surface area contributed by atoms with Crippen LogP contribution in [0.4, 0.5) is 10.5 Å². The number of nitrogens with one attached hydrogen (secondary N) is 2. The lowest BCUT2D eigenvalue weighted by Crippen LogP contribution is -2.42. The van der Waals surface area contributed by atoms with Crippen LogP contribution in [0.5, 0.6) is 0 Å². The van der Waals surface area contributed by atoms with E-state index in [2.05, 4.69) is 41.8 Å². The fourth-order valence-corrected chi connectivity index (χ4v) is 3.12. The maximum atomic E-state index is 11.9. The van der Waals surface area contributed by atoms with Gasteiger partial charge in [0.2, 0.25) is 0 Å². The van der Waals surface area contributed by atoms with Crippen molar-refractivity contribution in [3.8, 4) is 0 Å². The molecule has 2 atom stereocenters. The van der Waals surface area contributed by atoms with E-state index in [9.17, 15) is 4.79 Å². The van der Waals surface area contributed by atoms with Crippen molar-refractivity contribution in [2.45, 2.75) is 65.0 Å². The van der Waals surface area contributed by atoms with Gasteiger partial charge in [-0.3, -0.25) is 0 Å². The number of alkyl carbamates (subject to hydrolysis) is 1. The van der Waals surface area contributed by atoms with E-state index in [1.54, 1.807) is 0 Å². The summed E-state index contributed by atoms with van der Waals surface area (Å²) in [6.45, 7) is 8.42. The van der Waals surface area contributed by atoms with Gasteiger partial charge in [-0.05, 0) is 64.2 Å². The first kappa shape index (κ1) is 17.6. The van der Waals surface area contributed by atoms with Crippen molar-refractivity contribution in [1.82, 2.24) is 5.32 Å². The van der Waals surface area contributed by atoms with Crippen LogP contribution in [0.1, 0.15) is 52.0 Å². The summed E-state index contributed by atoms with van der Waals surface area (Å²) < 4.78 is 5.33. The Bertz CT molecular complexity index is 522. The second-order valence-corrected chi connectivity index (χ2v) is 7.55. The van der Waals surface area contributed by atoms with Crippen LogP contribution in [-0.2, 0) is 4.74 Å². The van der Waals surface area contributed by atoms with E-state index in [1.165, 1.54) is 24.1 Å². The molecule has 23 heavy (non-hydrogen) atoms. The number of aryl methyl sites for hydroxylation is 1. The lowest BCUT2D eigenvalue weighted by Gasteiger charge is -2.33. The third-order valence-corrected chi connectivity index (χ3v) is 4.19. The summed E-state index contributed by atoms with van der Waals surface area (Å²) in [7, 11) is 0. The van der Waals surface area contributed by atoms with Gasteiger partial charge < -0.3 is 15.4 Å². The Morgan fingerprint density at radius 1 is 1.26 bits per heavy atom. The molecule has 1 saturated carbocycles. The van der Waals surface area contributed by atoms with E-state index in [1.807, 2.05) is 20.8 Å². The van der Waals surface area contributed by atoms with Gasteiger partial charge in [-0.1, -0.05) is 25.0 Å². The van der Waals surface area contributed by atoms with Gasteiger partial charge in [-0.15, -0.1) is 0 Å². The third kappa shape index (κ3) is 6.12. The number of rotatable bonds is 4. The number of carbonyl (C=O) groups is 1. The van der Waals surface area contributed by atoms with Gasteiger partial charge in [-0.2, -0.15) is 0 Å². The molecule has 1 aliphatic carbocycles. The van der Waals surface area contributed by atoms with Crippen LogP contribution in [0.2, 0.25) is 0 Å². The van der Waals surface area contributed by atoms with Crippen LogP contribution in [0.15, 0.2) is 24.3 Å². The first-order chi connectivity index (χ1) is 10.8. The molecule has 1 amide bonds. The molecule has 0 aliphatic heterocycles. The summed E-state index contributed by atoms with van der Waals surface area (Å²) in [5, 5.41) is 6.59. The number of carbonyl (C=O) groups excluding carboxylic acids is 1. The van der Waals surface area contributed by atoms with Crippen LogP contribution in [0.3, 0.4) is 0 Å². The van der Waals surface area contributed by atoms with E-state index in [-0.39, 0.29) is 6.09 Å². The molecule has 4 heteroatoms. The predicted octanol–water partition coefficient (Wildman–Crippen LogP) is 4.49. The highest BCUT2D eigenvalue weighted by molar-refractivity contribution is 5.67. The predicted molar refractivity (Wildman–Crippen MR) is 94.8 cm³/mol. The Morgan fingerprint density at radius 2 is 2.00 bits per heavy atom. The minimum Gasteiger partial charge on any atom is -0.444 e. The van der Waals surface area contributed by atoms with Crippen molar-refractivity contribution >= 4 is 11.8 Å². The number of anilines is 1. The number of benzene rings is 1. The largest absolute Gasteiger partial charge is 0.444 e. The Balaban J connectivity index is 1.89. The standard InChI is InChI=1S/C19H30N2O2/c1-14-8-7-10-16(12-14)21-17-11-6-5-9-15(17)13-20-18(22)23-19(2,3)4/h7-8,10,12,15,17,21H,5-6,9,11,13H2,1-4H3,(H,20,22). The fraction of sp³-hybridized carbons (Fsp3) is 0.632. The lowest BCUT2D eigenvalue weighted by atomic mass is 9.84. The van der Waals surface area contributed by atoms with Crippen molar-refractivity contribution in [3.05, 3.63) is 29.8 Å². The molecule has 0 spiro atoms. The van der Waals surface area contributed by atoms with Gasteiger partial charge >= 0.3 is 6.09 Å². The molecule has 4 nitrogen and oxygen atoms in total. The minimum atomic E-state index is -0.449. The van der Waals surface area contributed by atoms with Crippen LogP contribution in [0, 0.1) is 12.8 Å². The SMILES string of the molecule is Cc1cccc(NC2CCCCC2CNC(=O)OC(C)(C)C)c1. The van der Waals surface area contributed by atoms with E-state index in [0.717, 1.165) is 12.8 Å². The maximum Gasteiger partial charge on any atom is 0.407 e. The number of hydrogen-bond donors (Lipinski definition) is 2. The Kier molecular flexibility index (Phi) is 5.91. The molecule has 128 valence electrons. The van der Waals surface area contributed by atoms with Gasteiger partial charge in [0.1, 0.15) is 5.60 Å². The topological polar surface area (TPSA) is 50.4 Å². The number of amides is 1. The zero-order valence-corrected chi connectivity index (χ0v) is 14.8. The van der Waals surface area contributed by atoms with Crippen molar-refractivity contribution in [3.63, 3.8) is 0 Å². The van der Waals surface area contributed by atoms with Gasteiger partial charge in [0, 0.05) is 18.3 Å². The monoisotopic (exact) mass is 318 g/mol. The summed E-state index contributed by atoms with van der Waals surface area (Å²) >= 11 is 0. The second kappa shape index (κ2) is 7.71. The molecule has 0 radical (unpaired) electrons. The summed E-state index contributed by atoms with van der Waals surface area (Å²) in [6, 6.07) is 8.87. The molecule has 0 saturated heterocycles. The molecule has 2 unspecified atom stereocenters. The highest BCUT2D eigenvalue weighted by Crippen LogP contribution is 2.27. The van der Waals surface area contributed by atoms with Gasteiger partial charge in [0.25, 0.3) is 0 Å². The number of ether oxygens (including phenoxy) is 1. The van der Waals surface area contributed by atoms with Crippen LogP contribution in [0.25, 0.3) is 0 Å². The highest BCUT2D eigenvalue weighted by Gasteiger charge is 2.26. The smallest absolute Gasteiger partial charge is 0.407 e. The third-order valence-electron chi connectivity index (χ3n) is 4.19. The van der Waals surface area contributed by atoms with Gasteiger partial charge in [0.15, 0.2) is 0 Å². The molecule has 1 aromatic rings. The van der Waals surface area contributed by atoms with Crippen molar-refractivity contribution in [2.24, 2.45) is 5.92 Å². The molecular weight excluding hydrogens is 288 g/mol. The van der Waals surface area contributed by atoms with Gasteiger partial charge in [-0.25, -0.2) is 4.79 Å². The zero-order valence-electron chi connectivity index (χ0n) is 14.8. The average Bonchev–Trinajstić information content (AvgIpc) is 2.44. The summed E-state index contributed by atoms with van der Waals surface area (Å²) in [4.78, 5) is 11.9. The van der Waals surface area contributed by atoms with E-state index in [4.69, 9.17) is 4.74 Å². The molecule has 0 aromatic heterocycles. The summed E-state index contributed by atoms with van der Waals surface area (Å²) in [5.74, 6) is 0.441. The Labute approximate surface area is 140 Å². The molecule has 0 heterocycles. The second-order valence-electron chi connectivity index (χ2n) is 7.55. The fourth-order valence-electron chi connectivity index (χ4n) is 3.12. The molecule has 1 aromatic carbocycles. The Hall–Kier alpha value is -1.71. The summed E-state index contributed by atoms with van der Waals surface area (Å²) in [6.07, 6.45) is 4.44. The average molecular weight is 318 g/mol. The molecule has 0 bridgehead atoms. The molecule has 2 rings (SSSR count). The lowest BCUT2D eigenvalue weighted by molar-refractivity contribution is 0.0514. The highest BCUT2D eigenvalue weighted by atomic mass is 16.6. The maximum absolute atomic E-state index is 11.9. The molecule has 1 fully saturated rings. The van der Waals surface area contributed by atoms with Crippen LogP contribution < -0.4 is 10.6 Å². The quantitative estimate of drug-likeness (QED) is 0.860. The molecule has 2 N–H and O–H groups in total. The summed E-state index contributed by atoms with van der Waals surface area (Å²) in [5.41, 5.74) is 1.98. The first-order valence-corrected chi connectivity index (χ1v) is 8.63. The van der Waals surface area contributed by atoms with Crippen molar-refractivity contribution in [1.29, 1.82) is 0 Å². The first-order valence-electron chi connectivity index (χ1n) is 8.63. The molecular formula is C19H30N2O2. The Morgan fingerprint density at radius 3 is 2.70 bits per heavy atom. The van der Waals surface area contributed by atoms with E-state index in [0.29, 0.717) is 18.5 Å². The van der Waals surface area contributed by atoms with Crippen LogP contribution in [-0.4, -0.2) is 24.3 Å². The molecule has 1 aliphatic rings. The normalized spacial score (nSPS) is 21.6. The minimum absolute atomic E-state index is 0.322. The van der Waals surface area contributed by atoms with Crippen molar-refractivity contribution in [2.75, 3.05) is 11.9 Å². The van der Waals surface area contributed by atoms with Crippen molar-refractivity contribution < 1.29 is 9.53 Å². The van der Waals surface area contributed by atoms with E-state index >= 15 is 0 Å². The number of hydrogen-bond acceptors (Lipinski definition) is 3. The zero-order chi connectivity index (χ0) is 16.9. The van der Waals surface area contributed by atoms with Gasteiger partial charge in [0.05, 0.1) is 0 Å². The van der Waals surface area contributed by atoms with E-state index < -0.39 is 5.60 Å². The van der Waals surface area contributed by atoms with Crippen LogP contribution >= 0.6 is 0 Å².